The molecule has 2 unspecified atom stereocenters. The zero-order valence-corrected chi connectivity index (χ0v) is 13.8. The number of methoxy groups -OCH3 is 1. The quantitative estimate of drug-likeness (QED) is 0.868. The molecule has 2 rings (SSSR count). The van der Waals surface area contributed by atoms with Gasteiger partial charge in [0.2, 0.25) is 0 Å². The monoisotopic (exact) mass is 290 g/mol. The summed E-state index contributed by atoms with van der Waals surface area (Å²) in [6.07, 6.45) is 5.18. The van der Waals surface area contributed by atoms with Crippen LogP contribution in [0.1, 0.15) is 44.2 Å². The first-order chi connectivity index (χ1) is 10.3. The van der Waals surface area contributed by atoms with Crippen molar-refractivity contribution in [2.24, 2.45) is 5.92 Å². The molecule has 0 bridgehead atoms. The van der Waals surface area contributed by atoms with Crippen LogP contribution in [0.25, 0.3) is 0 Å². The van der Waals surface area contributed by atoms with Crippen LogP contribution in [0.5, 0.6) is 5.75 Å². The minimum atomic E-state index is 0.509. The average Bonchev–Trinajstić information content (AvgIpc) is 2.70. The van der Waals surface area contributed by atoms with Crippen LogP contribution in [0.3, 0.4) is 0 Å². The number of benzene rings is 1. The van der Waals surface area contributed by atoms with Gasteiger partial charge < -0.3 is 10.1 Å². The molecule has 1 saturated heterocycles. The van der Waals surface area contributed by atoms with Gasteiger partial charge in [0.05, 0.1) is 7.11 Å². The van der Waals surface area contributed by atoms with E-state index in [4.69, 9.17) is 4.74 Å². The second kappa shape index (κ2) is 8.40. The second-order valence-corrected chi connectivity index (χ2v) is 6.07. The van der Waals surface area contributed by atoms with Crippen molar-refractivity contribution in [3.63, 3.8) is 0 Å². The minimum absolute atomic E-state index is 0.509. The van der Waals surface area contributed by atoms with Crippen molar-refractivity contribution in [1.29, 1.82) is 0 Å². The van der Waals surface area contributed by atoms with Gasteiger partial charge in [0.15, 0.2) is 0 Å². The van der Waals surface area contributed by atoms with E-state index in [1.54, 1.807) is 7.11 Å². The van der Waals surface area contributed by atoms with Gasteiger partial charge in [-0.05, 0) is 69.6 Å². The first-order valence-electron chi connectivity index (χ1n) is 8.32. The summed E-state index contributed by atoms with van der Waals surface area (Å²) in [7, 11) is 3.82. The smallest absolute Gasteiger partial charge is 0.119 e. The zero-order valence-electron chi connectivity index (χ0n) is 13.8. The fraction of sp³-hybridized carbons (Fsp3) is 0.667. The van der Waals surface area contributed by atoms with E-state index < -0.39 is 0 Å². The number of ether oxygens (including phenoxy) is 1. The molecular formula is C18H30N2O. The van der Waals surface area contributed by atoms with Gasteiger partial charge in [-0.25, -0.2) is 0 Å². The van der Waals surface area contributed by atoms with Crippen LogP contribution in [0.15, 0.2) is 24.3 Å². The Balaban J connectivity index is 2.32. The molecule has 0 saturated carbocycles. The molecule has 2 atom stereocenters. The Morgan fingerprint density at radius 2 is 2.19 bits per heavy atom. The molecule has 21 heavy (non-hydrogen) atoms. The molecule has 0 amide bonds. The predicted octanol–water partition coefficient (Wildman–Crippen LogP) is 3.47. The van der Waals surface area contributed by atoms with Gasteiger partial charge in [0.25, 0.3) is 0 Å². The Morgan fingerprint density at radius 1 is 1.33 bits per heavy atom. The highest BCUT2D eigenvalue weighted by molar-refractivity contribution is 5.31. The van der Waals surface area contributed by atoms with Crippen molar-refractivity contribution < 1.29 is 4.74 Å². The van der Waals surface area contributed by atoms with Crippen molar-refractivity contribution in [2.75, 3.05) is 33.8 Å². The van der Waals surface area contributed by atoms with Gasteiger partial charge in [-0.15, -0.1) is 0 Å². The third-order valence-corrected chi connectivity index (χ3v) is 4.52. The van der Waals surface area contributed by atoms with E-state index in [1.165, 1.54) is 44.3 Å². The number of likely N-dealkylation sites (tertiary alicyclic amines) is 1. The van der Waals surface area contributed by atoms with Crippen LogP contribution >= 0.6 is 0 Å². The van der Waals surface area contributed by atoms with E-state index in [1.807, 2.05) is 6.07 Å². The Labute approximate surface area is 129 Å². The lowest BCUT2D eigenvalue weighted by atomic mass is 9.89. The van der Waals surface area contributed by atoms with Crippen LogP contribution in [-0.2, 0) is 0 Å². The highest BCUT2D eigenvalue weighted by atomic mass is 16.5. The maximum Gasteiger partial charge on any atom is 0.119 e. The number of nitrogens with one attached hydrogen (secondary N) is 1. The van der Waals surface area contributed by atoms with E-state index in [0.29, 0.717) is 12.0 Å². The number of rotatable bonds is 6. The molecule has 0 radical (unpaired) electrons. The van der Waals surface area contributed by atoms with Crippen LogP contribution in [0.4, 0.5) is 0 Å². The maximum absolute atomic E-state index is 5.43. The molecule has 1 aromatic rings. The predicted molar refractivity (Wildman–Crippen MR) is 88.9 cm³/mol. The fourth-order valence-electron chi connectivity index (χ4n) is 3.64. The Kier molecular flexibility index (Phi) is 6.52. The lowest BCUT2D eigenvalue weighted by Gasteiger charge is -2.35. The highest BCUT2D eigenvalue weighted by Crippen LogP contribution is 2.36. The van der Waals surface area contributed by atoms with Gasteiger partial charge in [-0.3, -0.25) is 4.90 Å². The fourth-order valence-corrected chi connectivity index (χ4v) is 3.64. The summed E-state index contributed by atoms with van der Waals surface area (Å²) < 4.78 is 5.43. The topological polar surface area (TPSA) is 24.5 Å². The van der Waals surface area contributed by atoms with Crippen molar-refractivity contribution in [3.8, 4) is 5.75 Å². The van der Waals surface area contributed by atoms with Crippen molar-refractivity contribution >= 4 is 0 Å². The summed E-state index contributed by atoms with van der Waals surface area (Å²) in [5.41, 5.74) is 1.41. The van der Waals surface area contributed by atoms with Gasteiger partial charge in [0, 0.05) is 6.04 Å². The second-order valence-electron chi connectivity index (χ2n) is 6.07. The SMILES string of the molecule is CCCN1CCCCC(CNC)C1c1cccc(OC)c1. The molecular weight excluding hydrogens is 260 g/mol. The number of nitrogens with zero attached hydrogens (tertiary/aromatic N) is 1. The molecule has 3 heteroatoms. The molecule has 0 aliphatic carbocycles. The summed E-state index contributed by atoms with van der Waals surface area (Å²) in [6, 6.07) is 9.16. The molecule has 1 fully saturated rings. The molecule has 3 nitrogen and oxygen atoms in total. The molecule has 118 valence electrons. The zero-order chi connectivity index (χ0) is 15.1. The summed E-state index contributed by atoms with van der Waals surface area (Å²) in [6.45, 7) is 5.76. The van der Waals surface area contributed by atoms with Crippen molar-refractivity contribution in [1.82, 2.24) is 10.2 Å². The largest absolute Gasteiger partial charge is 0.497 e. The van der Waals surface area contributed by atoms with Crippen molar-refractivity contribution in [3.05, 3.63) is 29.8 Å². The van der Waals surface area contributed by atoms with E-state index in [2.05, 4.69) is 42.4 Å². The summed E-state index contributed by atoms with van der Waals surface area (Å²) in [5, 5.41) is 3.40. The standard InChI is InChI=1S/C18H30N2O/c1-4-11-20-12-6-5-8-16(14-19-2)18(20)15-9-7-10-17(13-15)21-3/h7,9-10,13,16,18-19H,4-6,8,11-12,14H2,1-3H3. The normalized spacial score (nSPS) is 23.8. The molecule has 1 N–H and O–H groups in total. The van der Waals surface area contributed by atoms with E-state index in [0.717, 1.165) is 12.3 Å². The van der Waals surface area contributed by atoms with Gasteiger partial charge >= 0.3 is 0 Å². The lowest BCUT2D eigenvalue weighted by Crippen LogP contribution is -2.36. The van der Waals surface area contributed by atoms with Gasteiger partial charge in [-0.1, -0.05) is 25.5 Å². The maximum atomic E-state index is 5.43. The van der Waals surface area contributed by atoms with Gasteiger partial charge in [0.1, 0.15) is 5.75 Å². The molecule has 0 aromatic heterocycles. The molecule has 0 spiro atoms. The Bertz CT molecular complexity index is 405. The van der Waals surface area contributed by atoms with Crippen LogP contribution in [0, 0.1) is 5.92 Å². The van der Waals surface area contributed by atoms with Crippen LogP contribution < -0.4 is 10.1 Å². The van der Waals surface area contributed by atoms with E-state index in [-0.39, 0.29) is 0 Å². The third-order valence-electron chi connectivity index (χ3n) is 4.52. The van der Waals surface area contributed by atoms with Crippen LogP contribution in [-0.4, -0.2) is 38.7 Å². The molecule has 1 aromatic carbocycles. The Morgan fingerprint density at radius 3 is 2.90 bits per heavy atom. The van der Waals surface area contributed by atoms with E-state index in [9.17, 15) is 0 Å². The summed E-state index contributed by atoms with van der Waals surface area (Å²) in [5.74, 6) is 1.65. The Hall–Kier alpha value is -1.06. The van der Waals surface area contributed by atoms with Gasteiger partial charge in [-0.2, -0.15) is 0 Å². The average molecular weight is 290 g/mol. The first-order valence-corrected chi connectivity index (χ1v) is 8.32. The van der Waals surface area contributed by atoms with Crippen molar-refractivity contribution in [2.45, 2.75) is 38.6 Å². The molecule has 1 aliphatic rings. The summed E-state index contributed by atoms with van der Waals surface area (Å²) in [4.78, 5) is 2.68. The number of hydrogen-bond donors (Lipinski definition) is 1. The first kappa shape index (κ1) is 16.3. The molecule has 1 heterocycles. The lowest BCUT2D eigenvalue weighted by molar-refractivity contribution is 0.154. The minimum Gasteiger partial charge on any atom is -0.497 e. The number of hydrogen-bond acceptors (Lipinski definition) is 3. The molecule has 1 aliphatic heterocycles. The van der Waals surface area contributed by atoms with E-state index >= 15 is 0 Å². The van der Waals surface area contributed by atoms with Crippen LogP contribution in [0.2, 0.25) is 0 Å². The third kappa shape index (κ3) is 4.21. The summed E-state index contributed by atoms with van der Waals surface area (Å²) >= 11 is 0. The highest BCUT2D eigenvalue weighted by Gasteiger charge is 2.30.